The number of nitrogens with zero attached hydrogens (tertiary/aromatic N) is 1. The number of methoxy groups -OCH3 is 1. The minimum absolute atomic E-state index is 0.178. The number of esters is 1. The standard InChI is InChI=1S/C22H22N2O4/c1-15(2)17-10-8-16(9-11-17)12-18(13-23)22(26)28-14-21(25)24-19-6-4-5-7-20(19)27-3/h4-12,15H,14H2,1-3H3,(H,24,25)/b18-12+. The second-order valence-corrected chi connectivity index (χ2v) is 6.32. The molecule has 0 aromatic heterocycles. The van der Waals surface area contributed by atoms with Crippen LogP contribution in [0.1, 0.15) is 30.9 Å². The van der Waals surface area contributed by atoms with Gasteiger partial charge in [0, 0.05) is 0 Å². The van der Waals surface area contributed by atoms with Crippen LogP contribution in [0, 0.1) is 11.3 Å². The Labute approximate surface area is 164 Å². The summed E-state index contributed by atoms with van der Waals surface area (Å²) in [5, 5.41) is 11.8. The van der Waals surface area contributed by atoms with Crippen molar-refractivity contribution in [3.63, 3.8) is 0 Å². The molecule has 0 aliphatic heterocycles. The molecule has 1 N–H and O–H groups in total. The molecule has 0 saturated heterocycles. The van der Waals surface area contributed by atoms with Gasteiger partial charge in [0.15, 0.2) is 6.61 Å². The van der Waals surface area contributed by atoms with Crippen molar-refractivity contribution >= 4 is 23.6 Å². The van der Waals surface area contributed by atoms with Crippen LogP contribution in [-0.2, 0) is 14.3 Å². The average molecular weight is 378 g/mol. The van der Waals surface area contributed by atoms with Crippen LogP contribution in [0.3, 0.4) is 0 Å². The maximum Gasteiger partial charge on any atom is 0.349 e. The monoisotopic (exact) mass is 378 g/mol. The third-order valence-electron chi connectivity index (χ3n) is 3.97. The molecule has 0 saturated carbocycles. The molecule has 1 amide bonds. The van der Waals surface area contributed by atoms with E-state index < -0.39 is 18.5 Å². The Bertz CT molecular complexity index is 909. The first-order valence-electron chi connectivity index (χ1n) is 8.76. The molecule has 0 spiro atoms. The SMILES string of the molecule is COc1ccccc1NC(=O)COC(=O)/C(C#N)=C/c1ccc(C(C)C)cc1. The van der Waals surface area contributed by atoms with Crippen molar-refractivity contribution in [2.24, 2.45) is 0 Å². The fourth-order valence-corrected chi connectivity index (χ4v) is 2.42. The van der Waals surface area contributed by atoms with Crippen molar-refractivity contribution in [2.45, 2.75) is 19.8 Å². The number of ether oxygens (including phenoxy) is 2. The molecule has 6 heteroatoms. The number of anilines is 1. The minimum Gasteiger partial charge on any atom is -0.495 e. The molecule has 2 aromatic carbocycles. The molecule has 0 unspecified atom stereocenters. The summed E-state index contributed by atoms with van der Waals surface area (Å²) in [4.78, 5) is 24.1. The molecular weight excluding hydrogens is 356 g/mol. The topological polar surface area (TPSA) is 88.4 Å². The number of amides is 1. The lowest BCUT2D eigenvalue weighted by molar-refractivity contribution is -0.142. The van der Waals surface area contributed by atoms with Crippen LogP contribution in [0.5, 0.6) is 5.75 Å². The molecule has 0 radical (unpaired) electrons. The molecule has 0 aliphatic rings. The zero-order valence-electron chi connectivity index (χ0n) is 16.1. The molecular formula is C22H22N2O4. The van der Waals surface area contributed by atoms with Gasteiger partial charge in [-0.2, -0.15) is 5.26 Å². The van der Waals surface area contributed by atoms with Gasteiger partial charge in [-0.1, -0.05) is 50.2 Å². The van der Waals surface area contributed by atoms with Crippen molar-refractivity contribution in [3.8, 4) is 11.8 Å². The number of nitriles is 1. The van der Waals surface area contributed by atoms with E-state index in [4.69, 9.17) is 9.47 Å². The lowest BCUT2D eigenvalue weighted by Gasteiger charge is -2.10. The first-order valence-corrected chi connectivity index (χ1v) is 8.76. The van der Waals surface area contributed by atoms with Crippen LogP contribution in [0.4, 0.5) is 5.69 Å². The van der Waals surface area contributed by atoms with Gasteiger partial charge in [-0.25, -0.2) is 4.79 Å². The highest BCUT2D eigenvalue weighted by Crippen LogP contribution is 2.22. The molecule has 2 rings (SSSR count). The van der Waals surface area contributed by atoms with Crippen molar-refractivity contribution in [1.29, 1.82) is 5.26 Å². The van der Waals surface area contributed by atoms with Gasteiger partial charge >= 0.3 is 5.97 Å². The largest absolute Gasteiger partial charge is 0.495 e. The summed E-state index contributed by atoms with van der Waals surface area (Å²) in [6, 6.07) is 16.2. The maximum absolute atomic E-state index is 12.1. The lowest BCUT2D eigenvalue weighted by Crippen LogP contribution is -2.21. The Kier molecular flexibility index (Phi) is 7.35. The highest BCUT2D eigenvalue weighted by atomic mass is 16.5. The van der Waals surface area contributed by atoms with Gasteiger partial charge in [-0.05, 0) is 35.3 Å². The highest BCUT2D eigenvalue weighted by Gasteiger charge is 2.14. The number of nitrogens with one attached hydrogen (secondary N) is 1. The fraction of sp³-hybridized carbons (Fsp3) is 0.227. The van der Waals surface area contributed by atoms with E-state index in [-0.39, 0.29) is 5.57 Å². The van der Waals surface area contributed by atoms with Gasteiger partial charge in [-0.15, -0.1) is 0 Å². The highest BCUT2D eigenvalue weighted by molar-refractivity contribution is 6.00. The quantitative estimate of drug-likeness (QED) is 0.448. The first kappa shape index (κ1) is 20.7. The van der Waals surface area contributed by atoms with Crippen LogP contribution in [-0.4, -0.2) is 25.6 Å². The number of carbonyl (C=O) groups is 2. The Morgan fingerprint density at radius 3 is 2.43 bits per heavy atom. The zero-order chi connectivity index (χ0) is 20.5. The van der Waals surface area contributed by atoms with Crippen LogP contribution < -0.4 is 10.1 Å². The van der Waals surface area contributed by atoms with Crippen molar-refractivity contribution < 1.29 is 19.1 Å². The van der Waals surface area contributed by atoms with E-state index in [9.17, 15) is 14.9 Å². The summed E-state index contributed by atoms with van der Waals surface area (Å²) in [6.45, 7) is 3.65. The number of hydrogen-bond donors (Lipinski definition) is 1. The maximum atomic E-state index is 12.1. The van der Waals surface area contributed by atoms with E-state index in [2.05, 4.69) is 19.2 Å². The fourth-order valence-electron chi connectivity index (χ4n) is 2.42. The van der Waals surface area contributed by atoms with E-state index in [0.717, 1.165) is 5.56 Å². The zero-order valence-corrected chi connectivity index (χ0v) is 16.1. The summed E-state index contributed by atoms with van der Waals surface area (Å²) < 4.78 is 10.1. The normalized spacial score (nSPS) is 10.9. The van der Waals surface area contributed by atoms with Gasteiger partial charge in [0.1, 0.15) is 17.4 Å². The molecule has 0 heterocycles. The molecule has 0 aliphatic carbocycles. The molecule has 144 valence electrons. The van der Waals surface area contributed by atoms with Gasteiger partial charge in [0.25, 0.3) is 5.91 Å². The average Bonchev–Trinajstić information content (AvgIpc) is 2.71. The molecule has 0 bridgehead atoms. The van der Waals surface area contributed by atoms with E-state index in [1.807, 2.05) is 30.3 Å². The molecule has 0 fully saturated rings. The number of rotatable bonds is 7. The van der Waals surface area contributed by atoms with Crippen molar-refractivity contribution in [3.05, 3.63) is 65.2 Å². The van der Waals surface area contributed by atoms with Crippen molar-refractivity contribution in [2.75, 3.05) is 19.0 Å². The summed E-state index contributed by atoms with van der Waals surface area (Å²) in [5.74, 6) is -0.508. The third kappa shape index (κ3) is 5.71. The number of carbonyl (C=O) groups excluding carboxylic acids is 2. The van der Waals surface area contributed by atoms with Gasteiger partial charge in [0.05, 0.1) is 12.8 Å². The summed E-state index contributed by atoms with van der Waals surface area (Å²) >= 11 is 0. The smallest absolute Gasteiger partial charge is 0.349 e. The lowest BCUT2D eigenvalue weighted by atomic mass is 10.0. The van der Waals surface area contributed by atoms with Gasteiger partial charge in [0.2, 0.25) is 0 Å². The number of para-hydroxylation sites is 2. The molecule has 2 aromatic rings. The molecule has 0 atom stereocenters. The summed E-state index contributed by atoms with van der Waals surface area (Å²) in [6.07, 6.45) is 1.44. The Hall–Kier alpha value is -3.59. The predicted molar refractivity (Wildman–Crippen MR) is 107 cm³/mol. The Morgan fingerprint density at radius 1 is 1.14 bits per heavy atom. The van der Waals surface area contributed by atoms with Crippen LogP contribution >= 0.6 is 0 Å². The van der Waals surface area contributed by atoms with E-state index >= 15 is 0 Å². The minimum atomic E-state index is -0.856. The van der Waals surface area contributed by atoms with Crippen LogP contribution in [0.25, 0.3) is 6.08 Å². The third-order valence-corrected chi connectivity index (χ3v) is 3.97. The molecule has 28 heavy (non-hydrogen) atoms. The number of benzene rings is 2. The Balaban J connectivity index is 1.98. The second kappa shape index (κ2) is 9.93. The van der Waals surface area contributed by atoms with E-state index in [1.165, 1.54) is 13.2 Å². The summed E-state index contributed by atoms with van der Waals surface area (Å²) in [5.41, 5.74) is 2.15. The van der Waals surface area contributed by atoms with Crippen LogP contribution in [0.15, 0.2) is 54.1 Å². The predicted octanol–water partition coefficient (Wildman–Crippen LogP) is 3.91. The van der Waals surface area contributed by atoms with E-state index in [0.29, 0.717) is 22.9 Å². The van der Waals surface area contributed by atoms with E-state index in [1.54, 1.807) is 24.3 Å². The van der Waals surface area contributed by atoms with Gasteiger partial charge < -0.3 is 14.8 Å². The van der Waals surface area contributed by atoms with Crippen molar-refractivity contribution in [1.82, 2.24) is 0 Å². The Morgan fingerprint density at radius 2 is 1.82 bits per heavy atom. The molecule has 6 nitrogen and oxygen atoms in total. The summed E-state index contributed by atoms with van der Waals surface area (Å²) in [7, 11) is 1.49. The number of hydrogen-bond acceptors (Lipinski definition) is 5. The second-order valence-electron chi connectivity index (χ2n) is 6.32. The first-order chi connectivity index (χ1) is 13.4. The van der Waals surface area contributed by atoms with Crippen LogP contribution in [0.2, 0.25) is 0 Å². The van der Waals surface area contributed by atoms with Gasteiger partial charge in [-0.3, -0.25) is 4.79 Å².